The van der Waals surface area contributed by atoms with E-state index in [0.717, 1.165) is 31.1 Å². The van der Waals surface area contributed by atoms with Gasteiger partial charge in [0.25, 0.3) is 0 Å². The van der Waals surface area contributed by atoms with Gasteiger partial charge in [-0.25, -0.2) is 4.99 Å². The van der Waals surface area contributed by atoms with Gasteiger partial charge in [-0.15, -0.1) is 0 Å². The molecule has 90 valence electrons. The largest absolute Gasteiger partial charge is 0.378 e. The van der Waals surface area contributed by atoms with Crippen LogP contribution >= 0.6 is 0 Å². The van der Waals surface area contributed by atoms with E-state index >= 15 is 0 Å². The number of hydrogen-bond donors (Lipinski definition) is 2. The first kappa shape index (κ1) is 10.4. The number of hydrogen-bond acceptors (Lipinski definition) is 2. The number of methoxy groups -OCH3 is 1. The second-order valence-corrected chi connectivity index (χ2v) is 6.11. The highest BCUT2D eigenvalue weighted by Gasteiger charge is 2.58. The third kappa shape index (κ3) is 1.43. The third-order valence-electron chi connectivity index (χ3n) is 4.78. The molecule has 4 fully saturated rings. The zero-order chi connectivity index (χ0) is 11.4. The first-order chi connectivity index (χ1) is 7.55. The summed E-state index contributed by atoms with van der Waals surface area (Å²) in [7, 11) is 1.84. The molecule has 4 heteroatoms. The topological polar surface area (TPSA) is 73.6 Å². The van der Waals surface area contributed by atoms with Crippen LogP contribution in [0.5, 0.6) is 0 Å². The van der Waals surface area contributed by atoms with E-state index < -0.39 is 0 Å². The van der Waals surface area contributed by atoms with Crippen molar-refractivity contribution in [2.75, 3.05) is 7.11 Å². The predicted octanol–water partition coefficient (Wildman–Crippen LogP) is 0.998. The Morgan fingerprint density at radius 1 is 1.19 bits per heavy atom. The minimum Gasteiger partial charge on any atom is -0.378 e. The molecule has 4 bridgehead atoms. The smallest absolute Gasteiger partial charge is 0.186 e. The van der Waals surface area contributed by atoms with Crippen LogP contribution in [0.3, 0.4) is 0 Å². The molecular formula is C12H21N3O. The van der Waals surface area contributed by atoms with Gasteiger partial charge in [0.05, 0.1) is 11.1 Å². The summed E-state index contributed by atoms with van der Waals surface area (Å²) < 4.78 is 5.81. The SMILES string of the molecule is COC12C[C@@H]3C[C@H](CC(N=C(N)N)(C3)C1)C2. The second kappa shape index (κ2) is 3.13. The summed E-state index contributed by atoms with van der Waals surface area (Å²) >= 11 is 0. The molecule has 4 saturated carbocycles. The molecule has 16 heavy (non-hydrogen) atoms. The Morgan fingerprint density at radius 2 is 1.81 bits per heavy atom. The minimum absolute atomic E-state index is 0.00106. The van der Waals surface area contributed by atoms with Gasteiger partial charge < -0.3 is 16.2 Å². The Bertz CT molecular complexity index is 321. The van der Waals surface area contributed by atoms with Gasteiger partial charge in [-0.2, -0.15) is 0 Å². The molecule has 0 amide bonds. The molecule has 0 spiro atoms. The molecule has 4 aliphatic rings. The highest BCUT2D eigenvalue weighted by Crippen LogP contribution is 2.60. The first-order valence-electron chi connectivity index (χ1n) is 6.21. The van der Waals surface area contributed by atoms with Crippen LogP contribution in [0.4, 0.5) is 0 Å². The van der Waals surface area contributed by atoms with Gasteiger partial charge >= 0.3 is 0 Å². The van der Waals surface area contributed by atoms with Crippen molar-refractivity contribution in [1.29, 1.82) is 0 Å². The first-order valence-corrected chi connectivity index (χ1v) is 6.21. The quantitative estimate of drug-likeness (QED) is 0.541. The fourth-order valence-corrected chi connectivity index (χ4v) is 4.77. The Balaban J connectivity index is 1.95. The van der Waals surface area contributed by atoms with Crippen LogP contribution in [0.2, 0.25) is 0 Å². The summed E-state index contributed by atoms with van der Waals surface area (Å²) in [6, 6.07) is 0. The Kier molecular flexibility index (Phi) is 2.03. The number of aliphatic imine (C=N–C) groups is 1. The van der Waals surface area contributed by atoms with Crippen LogP contribution in [-0.4, -0.2) is 24.2 Å². The summed E-state index contributed by atoms with van der Waals surface area (Å²) in [5, 5.41) is 0. The van der Waals surface area contributed by atoms with Crippen LogP contribution in [0.15, 0.2) is 4.99 Å². The van der Waals surface area contributed by atoms with Gasteiger partial charge in [0.1, 0.15) is 0 Å². The molecule has 4 nitrogen and oxygen atoms in total. The lowest BCUT2D eigenvalue weighted by Crippen LogP contribution is -2.59. The van der Waals surface area contributed by atoms with Crippen molar-refractivity contribution in [3.63, 3.8) is 0 Å². The lowest BCUT2D eigenvalue weighted by Gasteiger charge is -2.59. The number of nitrogens with zero attached hydrogens (tertiary/aromatic N) is 1. The number of guanidine groups is 1. The number of rotatable bonds is 2. The van der Waals surface area contributed by atoms with Crippen LogP contribution in [0.1, 0.15) is 38.5 Å². The van der Waals surface area contributed by atoms with Crippen LogP contribution in [-0.2, 0) is 4.74 Å². The Morgan fingerprint density at radius 3 is 2.31 bits per heavy atom. The molecule has 0 unspecified atom stereocenters. The van der Waals surface area contributed by atoms with E-state index in [1.165, 1.54) is 19.3 Å². The summed E-state index contributed by atoms with van der Waals surface area (Å²) in [6.45, 7) is 0. The van der Waals surface area contributed by atoms with Gasteiger partial charge in [0.2, 0.25) is 0 Å². The highest BCUT2D eigenvalue weighted by molar-refractivity contribution is 5.76. The minimum atomic E-state index is -0.00106. The summed E-state index contributed by atoms with van der Waals surface area (Å²) in [5.74, 6) is 1.78. The van der Waals surface area contributed by atoms with E-state index in [1.807, 2.05) is 7.11 Å². The van der Waals surface area contributed by atoms with Gasteiger partial charge in [-0.3, -0.25) is 0 Å². The van der Waals surface area contributed by atoms with Crippen molar-refractivity contribution in [3.05, 3.63) is 0 Å². The van der Waals surface area contributed by atoms with Crippen LogP contribution in [0, 0.1) is 11.8 Å². The van der Waals surface area contributed by atoms with Gasteiger partial charge in [0.15, 0.2) is 5.96 Å². The lowest BCUT2D eigenvalue weighted by molar-refractivity contribution is -0.152. The van der Waals surface area contributed by atoms with Crippen molar-refractivity contribution < 1.29 is 4.74 Å². The van der Waals surface area contributed by atoms with Crippen molar-refractivity contribution in [2.24, 2.45) is 28.3 Å². The molecule has 0 aromatic rings. The molecule has 0 radical (unpaired) electrons. The van der Waals surface area contributed by atoms with E-state index in [-0.39, 0.29) is 17.1 Å². The van der Waals surface area contributed by atoms with E-state index in [2.05, 4.69) is 4.99 Å². The summed E-state index contributed by atoms with van der Waals surface area (Å²) in [5.41, 5.74) is 11.2. The summed E-state index contributed by atoms with van der Waals surface area (Å²) in [6.07, 6.45) is 7.11. The molecule has 4 N–H and O–H groups in total. The number of nitrogens with two attached hydrogens (primary N) is 2. The zero-order valence-corrected chi connectivity index (χ0v) is 9.91. The molecule has 0 aromatic heterocycles. The van der Waals surface area contributed by atoms with Crippen molar-refractivity contribution in [3.8, 4) is 0 Å². The van der Waals surface area contributed by atoms with Gasteiger partial charge in [-0.1, -0.05) is 0 Å². The molecule has 0 aromatic carbocycles. The molecule has 0 heterocycles. The van der Waals surface area contributed by atoms with Gasteiger partial charge in [-0.05, 0) is 43.9 Å². The average molecular weight is 223 g/mol. The molecule has 0 aliphatic heterocycles. The maximum atomic E-state index is 5.81. The van der Waals surface area contributed by atoms with Crippen molar-refractivity contribution >= 4 is 5.96 Å². The van der Waals surface area contributed by atoms with Crippen LogP contribution in [0.25, 0.3) is 0 Å². The van der Waals surface area contributed by atoms with E-state index in [0.29, 0.717) is 0 Å². The molecule has 2 atom stereocenters. The van der Waals surface area contributed by atoms with E-state index in [1.54, 1.807) is 0 Å². The van der Waals surface area contributed by atoms with E-state index in [4.69, 9.17) is 16.2 Å². The standard InChI is InChI=1S/C12H21N3O/c1-16-12-5-8-2-9(6-12)4-11(3-8,7-12)15-10(13)14/h8-9H,2-7H2,1H3,(H4,13,14,15)/t8-,9-,11?,12?/m1/s1. The summed E-state index contributed by atoms with van der Waals surface area (Å²) in [4.78, 5) is 4.55. The van der Waals surface area contributed by atoms with E-state index in [9.17, 15) is 0 Å². The highest BCUT2D eigenvalue weighted by atomic mass is 16.5. The second-order valence-electron chi connectivity index (χ2n) is 6.11. The lowest BCUT2D eigenvalue weighted by atomic mass is 9.51. The maximum absolute atomic E-state index is 5.81. The zero-order valence-electron chi connectivity index (χ0n) is 9.91. The van der Waals surface area contributed by atoms with Crippen LogP contribution < -0.4 is 11.5 Å². The fourth-order valence-electron chi connectivity index (χ4n) is 4.77. The van der Waals surface area contributed by atoms with Gasteiger partial charge in [0, 0.05) is 13.5 Å². The van der Waals surface area contributed by atoms with Crippen molar-refractivity contribution in [1.82, 2.24) is 0 Å². The van der Waals surface area contributed by atoms with Crippen molar-refractivity contribution in [2.45, 2.75) is 49.7 Å². The third-order valence-corrected chi connectivity index (χ3v) is 4.78. The monoisotopic (exact) mass is 223 g/mol. The Labute approximate surface area is 96.4 Å². The number of ether oxygens (including phenoxy) is 1. The average Bonchev–Trinajstić information content (AvgIpc) is 2.13. The Hall–Kier alpha value is -0.770. The molecule has 4 rings (SSSR count). The maximum Gasteiger partial charge on any atom is 0.186 e. The molecule has 4 aliphatic carbocycles. The predicted molar refractivity (Wildman–Crippen MR) is 63.0 cm³/mol. The fraction of sp³-hybridized carbons (Fsp3) is 0.917. The molecule has 0 saturated heterocycles. The molecular weight excluding hydrogens is 202 g/mol. The normalized spacial score (nSPS) is 49.3.